The molecule has 19 nitrogen and oxygen atoms in total. The molecule has 1 aliphatic heterocycles. The molecule has 59 heavy (non-hydrogen) atoms. The lowest BCUT2D eigenvalue weighted by molar-refractivity contribution is -0.388. The Labute approximate surface area is 339 Å². The van der Waals surface area contributed by atoms with Crippen LogP contribution in [-0.2, 0) is 29.7 Å². The Balaban J connectivity index is 2.05. The summed E-state index contributed by atoms with van der Waals surface area (Å²) >= 11 is 0. The predicted molar refractivity (Wildman–Crippen MR) is 213 cm³/mol. The van der Waals surface area contributed by atoms with Gasteiger partial charge in [0.25, 0.3) is 31.3 Å². The molecule has 1 aliphatic rings. The zero-order valence-electron chi connectivity index (χ0n) is 31.3. The summed E-state index contributed by atoms with van der Waals surface area (Å²) in [6.07, 6.45) is 1.36. The van der Waals surface area contributed by atoms with Crippen molar-refractivity contribution in [2.75, 3.05) is 26.2 Å². The minimum absolute atomic E-state index is 0.0103. The van der Waals surface area contributed by atoms with Crippen LogP contribution in [0.4, 0.5) is 17.1 Å². The molecule has 5 rings (SSSR count). The fourth-order valence-corrected chi connectivity index (χ4v) is 14.3. The van der Waals surface area contributed by atoms with Crippen LogP contribution in [0.25, 0.3) is 0 Å². The number of sulfone groups is 2. The van der Waals surface area contributed by atoms with E-state index in [1.165, 1.54) is 24.3 Å². The molecule has 312 valence electrons. The Bertz CT molecular complexity index is 2530. The van der Waals surface area contributed by atoms with Crippen molar-refractivity contribution in [3.63, 3.8) is 0 Å². The van der Waals surface area contributed by atoms with E-state index in [9.17, 15) is 30.3 Å². The Morgan fingerprint density at radius 1 is 0.729 bits per heavy atom. The van der Waals surface area contributed by atoms with Crippen molar-refractivity contribution in [2.24, 2.45) is 0 Å². The fourth-order valence-electron chi connectivity index (χ4n) is 6.38. The summed E-state index contributed by atoms with van der Waals surface area (Å²) in [5.74, 6) is 5.90. The summed E-state index contributed by atoms with van der Waals surface area (Å²) < 4.78 is 90.0. The largest absolute Gasteiger partial charge is 0.405 e. The van der Waals surface area contributed by atoms with E-state index in [2.05, 4.69) is 17.2 Å². The lowest BCUT2D eigenvalue weighted by Gasteiger charge is -2.44. The first-order chi connectivity index (χ1) is 28.0. The number of benzene rings is 4. The fraction of sp³-hybridized carbons (Fsp3) is 0.297. The molecule has 0 amide bonds. The van der Waals surface area contributed by atoms with Crippen LogP contribution in [-0.4, -0.2) is 85.8 Å². The average molecular weight is 871 g/mol. The first-order valence-corrected chi connectivity index (χ1v) is 22.3. The highest BCUT2D eigenvalue weighted by Gasteiger charge is 2.67. The molecular weight excluding hydrogens is 833 g/mol. The third-order valence-electron chi connectivity index (χ3n) is 9.20. The van der Waals surface area contributed by atoms with Crippen molar-refractivity contribution >= 4 is 46.8 Å². The van der Waals surface area contributed by atoms with E-state index < -0.39 is 99.6 Å². The topological polar surface area (TPSA) is 260 Å². The second-order valence-electron chi connectivity index (χ2n) is 12.9. The Morgan fingerprint density at radius 3 is 1.71 bits per heavy atom. The monoisotopic (exact) mass is 870 g/mol. The van der Waals surface area contributed by atoms with Gasteiger partial charge in [-0.25, -0.2) is 25.3 Å². The van der Waals surface area contributed by atoms with Gasteiger partial charge in [0, 0.05) is 37.7 Å². The van der Waals surface area contributed by atoms with Crippen molar-refractivity contribution in [1.29, 1.82) is 0 Å². The van der Waals surface area contributed by atoms with Crippen LogP contribution in [0, 0.1) is 42.2 Å². The number of unbranched alkanes of at least 4 members (excludes halogenated alkanes) is 2. The van der Waals surface area contributed by atoms with E-state index >= 15 is 25.3 Å². The maximum absolute atomic E-state index is 15.9. The second kappa shape index (κ2) is 18.4. The molecule has 4 aromatic carbocycles. The number of nitro groups is 3. The summed E-state index contributed by atoms with van der Waals surface area (Å²) in [6, 6.07) is 17.2. The number of hydrogen-bond acceptors (Lipinski definition) is 15. The molecule has 1 fully saturated rings. The molecule has 0 radical (unpaired) electrons. The predicted octanol–water partition coefficient (Wildman–Crippen LogP) is 4.86. The molecule has 1 atom stereocenters. The van der Waals surface area contributed by atoms with Gasteiger partial charge in [0.05, 0.1) is 21.3 Å². The highest BCUT2D eigenvalue weighted by atomic mass is 32.3. The molecule has 1 heterocycles. The number of para-hydroxylation sites is 4. The van der Waals surface area contributed by atoms with E-state index in [0.29, 0.717) is 25.0 Å². The summed E-state index contributed by atoms with van der Waals surface area (Å²) in [5, 5.41) is 41.3. The minimum atomic E-state index is -6.13. The number of rotatable bonds is 13. The van der Waals surface area contributed by atoms with Crippen molar-refractivity contribution in [3.8, 4) is 17.6 Å². The van der Waals surface area contributed by atoms with Gasteiger partial charge in [0.1, 0.15) is 21.6 Å². The molecule has 0 spiro atoms. The quantitative estimate of drug-likeness (QED) is 0.0815. The zero-order chi connectivity index (χ0) is 43.0. The van der Waals surface area contributed by atoms with Crippen molar-refractivity contribution in [1.82, 2.24) is 14.7 Å². The van der Waals surface area contributed by atoms with Gasteiger partial charge in [0.2, 0.25) is 19.7 Å². The van der Waals surface area contributed by atoms with E-state index in [0.717, 1.165) is 72.1 Å². The van der Waals surface area contributed by atoms with Gasteiger partial charge in [-0.05, 0) is 49.7 Å². The minimum Gasteiger partial charge on any atom is -0.405 e. The third-order valence-corrected chi connectivity index (χ3v) is 16.9. The SMILES string of the molecule is CCCCC#CC1CNCCCN(S(=O)(=O)c2ccccc2[N+](=O)[O-])C(S(=O)(=O)c2ccccc2[N+](=O)[O-])(S(=O)(=O)c2ccccc2[N+](=O)[O-])CN1Oc1ccccc1. The number of nitrogens with zero attached hydrogens (tertiary/aromatic N) is 5. The number of nitrogens with one attached hydrogen (secondary N) is 1. The smallest absolute Gasteiger partial charge is 0.289 e. The van der Waals surface area contributed by atoms with Crippen LogP contribution in [0.5, 0.6) is 5.75 Å². The zero-order valence-corrected chi connectivity index (χ0v) is 33.8. The van der Waals surface area contributed by atoms with Gasteiger partial charge in [-0.15, -0.1) is 11.0 Å². The summed E-state index contributed by atoms with van der Waals surface area (Å²) in [7, 11) is -18.0. The van der Waals surface area contributed by atoms with E-state index in [1.54, 1.807) is 6.07 Å². The highest BCUT2D eigenvalue weighted by Crippen LogP contribution is 2.47. The van der Waals surface area contributed by atoms with Gasteiger partial charge in [0.15, 0.2) is 4.90 Å². The standard InChI is InChI=1S/C37H38N6O13S3/c1-2-3-4-6-16-29-27-38-25-15-26-40(59(54,55)36-24-14-11-21-33(36)43(48)49)37(28-39(29)56-30-17-7-5-8-18-30,57(50,51)34-22-12-9-19-31(34)41(44)45)58(52,53)35-23-13-10-20-32(35)42(46)47/h5,7-14,17-24,29,38H,2-4,15,25-28H2,1H3. The Morgan fingerprint density at radius 2 is 1.20 bits per heavy atom. The van der Waals surface area contributed by atoms with Crippen LogP contribution >= 0.6 is 0 Å². The van der Waals surface area contributed by atoms with Crippen LogP contribution in [0.3, 0.4) is 0 Å². The van der Waals surface area contributed by atoms with Gasteiger partial charge in [-0.2, -0.15) is 4.31 Å². The van der Waals surface area contributed by atoms with Gasteiger partial charge >= 0.3 is 0 Å². The number of nitro benzene ring substituents is 3. The van der Waals surface area contributed by atoms with Crippen LogP contribution < -0.4 is 10.2 Å². The second-order valence-corrected chi connectivity index (χ2v) is 19.3. The lowest BCUT2D eigenvalue weighted by atomic mass is 10.2. The van der Waals surface area contributed by atoms with E-state index in [4.69, 9.17) is 4.84 Å². The summed E-state index contributed by atoms with van der Waals surface area (Å²) in [6.45, 7) is -0.927. The third kappa shape index (κ3) is 8.80. The first-order valence-electron chi connectivity index (χ1n) is 17.9. The number of sulfonamides is 1. The van der Waals surface area contributed by atoms with Crippen LogP contribution in [0.1, 0.15) is 32.6 Å². The maximum Gasteiger partial charge on any atom is 0.289 e. The van der Waals surface area contributed by atoms with Crippen molar-refractivity contribution in [3.05, 3.63) is 133 Å². The van der Waals surface area contributed by atoms with Crippen molar-refractivity contribution in [2.45, 2.75) is 57.5 Å². The molecule has 0 aliphatic carbocycles. The van der Waals surface area contributed by atoms with Crippen molar-refractivity contribution < 1.29 is 44.9 Å². The molecule has 1 N–H and O–H groups in total. The molecule has 22 heteroatoms. The molecule has 1 saturated heterocycles. The van der Waals surface area contributed by atoms with Gasteiger partial charge in [-0.3, -0.25) is 30.3 Å². The van der Waals surface area contributed by atoms with Crippen LogP contribution in [0.2, 0.25) is 0 Å². The summed E-state index contributed by atoms with van der Waals surface area (Å²) in [5.41, 5.74) is -3.41. The Kier molecular flexibility index (Phi) is 13.8. The van der Waals surface area contributed by atoms with Crippen LogP contribution in [0.15, 0.2) is 118 Å². The molecule has 0 bridgehead atoms. The molecular formula is C37H38N6O13S3. The molecule has 0 saturated carbocycles. The maximum atomic E-state index is 15.9. The number of hydrogen-bond donors (Lipinski definition) is 1. The van der Waals surface area contributed by atoms with E-state index in [1.807, 2.05) is 6.92 Å². The highest BCUT2D eigenvalue weighted by molar-refractivity contribution is 8.11. The van der Waals surface area contributed by atoms with Gasteiger partial charge < -0.3 is 10.2 Å². The molecule has 4 aromatic rings. The normalized spacial score (nSPS) is 16.9. The molecule has 1 unspecified atom stereocenters. The average Bonchev–Trinajstić information content (AvgIpc) is 3.21. The Hall–Kier alpha value is -5.83. The lowest BCUT2D eigenvalue weighted by Crippen LogP contribution is -2.68. The first kappa shape index (κ1) is 44.3. The number of hydroxylamine groups is 2. The van der Waals surface area contributed by atoms with E-state index in [-0.39, 0.29) is 29.6 Å². The van der Waals surface area contributed by atoms with Gasteiger partial charge in [-0.1, -0.05) is 73.9 Å². The molecule has 0 aromatic heterocycles. The summed E-state index contributed by atoms with van der Waals surface area (Å²) in [4.78, 5) is 36.6.